The average molecular weight is 311 g/mol. The summed E-state index contributed by atoms with van der Waals surface area (Å²) in [7, 11) is 0. The van der Waals surface area contributed by atoms with Crippen LogP contribution in [-0.2, 0) is 20.9 Å². The summed E-state index contributed by atoms with van der Waals surface area (Å²) in [6.07, 6.45) is 0.653. The number of nitrogens with zero attached hydrogens (tertiary/aromatic N) is 1. The molecule has 7 nitrogen and oxygen atoms in total. The van der Waals surface area contributed by atoms with Crippen molar-refractivity contribution < 1.29 is 14.4 Å². The molecule has 1 atom stereocenters. The molecule has 0 aliphatic carbocycles. The number of carbonyl (C=O) groups is 3. The zero-order valence-corrected chi connectivity index (χ0v) is 12.7. The van der Waals surface area contributed by atoms with E-state index in [0.29, 0.717) is 6.42 Å². The van der Waals surface area contributed by atoms with E-state index < -0.39 is 11.9 Å². The highest BCUT2D eigenvalue weighted by Gasteiger charge is 2.27. The fourth-order valence-electron chi connectivity index (χ4n) is 2.16. The summed E-state index contributed by atoms with van der Waals surface area (Å²) in [4.78, 5) is 46.9. The van der Waals surface area contributed by atoms with E-state index >= 15 is 0 Å². The van der Waals surface area contributed by atoms with Gasteiger partial charge in [0.25, 0.3) is 0 Å². The van der Waals surface area contributed by atoms with E-state index in [1.807, 2.05) is 13.8 Å². The van der Waals surface area contributed by atoms with Crippen LogP contribution in [-0.4, -0.2) is 28.3 Å². The van der Waals surface area contributed by atoms with Crippen LogP contribution in [0.3, 0.4) is 0 Å². The number of rotatable bonds is 4. The average Bonchev–Trinajstić information content (AvgIpc) is 2.65. The molecular formula is C13H17N3O4S. The minimum atomic E-state index is -0.669. The molecule has 8 heteroatoms. The van der Waals surface area contributed by atoms with Gasteiger partial charge in [0.2, 0.25) is 17.7 Å². The Balaban J connectivity index is 1.89. The van der Waals surface area contributed by atoms with Crippen molar-refractivity contribution in [1.29, 1.82) is 0 Å². The number of aromatic nitrogens is 1. The second kappa shape index (κ2) is 6.21. The lowest BCUT2D eigenvalue weighted by Gasteiger charge is -2.21. The van der Waals surface area contributed by atoms with Gasteiger partial charge in [-0.15, -0.1) is 0 Å². The molecular weight excluding hydrogens is 294 g/mol. The van der Waals surface area contributed by atoms with Crippen molar-refractivity contribution in [2.45, 2.75) is 45.7 Å². The summed E-state index contributed by atoms with van der Waals surface area (Å²) in [5.74, 6) is -1.10. The second-order valence-corrected chi connectivity index (χ2v) is 6.15. The first-order valence-electron chi connectivity index (χ1n) is 6.68. The highest BCUT2D eigenvalue weighted by molar-refractivity contribution is 7.09. The summed E-state index contributed by atoms with van der Waals surface area (Å²) in [5.41, 5.74) is 0.860. The molecule has 1 aromatic rings. The first kappa shape index (κ1) is 15.4. The van der Waals surface area contributed by atoms with Gasteiger partial charge in [-0.05, 0) is 20.3 Å². The van der Waals surface area contributed by atoms with E-state index in [2.05, 4.69) is 10.6 Å². The fourth-order valence-corrected chi connectivity index (χ4v) is 3.02. The summed E-state index contributed by atoms with van der Waals surface area (Å²) in [6, 6.07) is -0.669. The molecule has 1 fully saturated rings. The van der Waals surface area contributed by atoms with Gasteiger partial charge in [-0.2, -0.15) is 0 Å². The van der Waals surface area contributed by atoms with Crippen molar-refractivity contribution in [3.8, 4) is 0 Å². The molecule has 1 unspecified atom stereocenters. The number of amides is 3. The maximum atomic E-state index is 11.9. The number of carbonyl (C=O) groups excluding carboxylic acids is 3. The maximum Gasteiger partial charge on any atom is 0.307 e. The van der Waals surface area contributed by atoms with Crippen molar-refractivity contribution >= 4 is 29.1 Å². The minimum Gasteiger partial charge on any atom is -0.344 e. The number of nitrogens with one attached hydrogen (secondary N) is 2. The lowest BCUT2D eigenvalue weighted by atomic mass is 10.1. The molecule has 3 amide bonds. The third-order valence-electron chi connectivity index (χ3n) is 3.51. The van der Waals surface area contributed by atoms with Gasteiger partial charge >= 0.3 is 4.87 Å². The summed E-state index contributed by atoms with van der Waals surface area (Å²) in [6.45, 7) is 3.99. The Morgan fingerprint density at radius 1 is 1.38 bits per heavy atom. The maximum absolute atomic E-state index is 11.9. The summed E-state index contributed by atoms with van der Waals surface area (Å²) < 4.78 is 1.56. The van der Waals surface area contributed by atoms with Gasteiger partial charge in [0.1, 0.15) is 6.04 Å². The van der Waals surface area contributed by atoms with Gasteiger partial charge in [-0.25, -0.2) is 0 Å². The Hall–Kier alpha value is -1.96. The van der Waals surface area contributed by atoms with Crippen molar-refractivity contribution in [2.24, 2.45) is 0 Å². The van der Waals surface area contributed by atoms with Gasteiger partial charge in [0.15, 0.2) is 0 Å². The van der Waals surface area contributed by atoms with Crippen LogP contribution < -0.4 is 15.5 Å². The first-order chi connectivity index (χ1) is 9.88. The number of hydrogen-bond acceptors (Lipinski definition) is 5. The van der Waals surface area contributed by atoms with Crippen molar-refractivity contribution in [3.05, 3.63) is 20.2 Å². The van der Waals surface area contributed by atoms with Gasteiger partial charge < -0.3 is 9.88 Å². The molecule has 0 saturated carbocycles. The van der Waals surface area contributed by atoms with Gasteiger partial charge in [0, 0.05) is 30.0 Å². The normalized spacial score (nSPS) is 18.5. The fraction of sp³-hybridized carbons (Fsp3) is 0.538. The third-order valence-corrected chi connectivity index (χ3v) is 4.51. The van der Waals surface area contributed by atoms with Gasteiger partial charge in [-0.3, -0.25) is 24.5 Å². The van der Waals surface area contributed by atoms with Crippen LogP contribution >= 0.6 is 11.3 Å². The molecule has 2 N–H and O–H groups in total. The highest BCUT2D eigenvalue weighted by atomic mass is 32.1. The molecule has 0 radical (unpaired) electrons. The largest absolute Gasteiger partial charge is 0.344 e. The molecule has 1 saturated heterocycles. The smallest absolute Gasteiger partial charge is 0.307 e. The van der Waals surface area contributed by atoms with Crippen LogP contribution in [0, 0.1) is 13.8 Å². The van der Waals surface area contributed by atoms with E-state index in [1.54, 1.807) is 4.57 Å². The molecule has 2 heterocycles. The van der Waals surface area contributed by atoms with Crippen LogP contribution in [0.1, 0.15) is 29.8 Å². The van der Waals surface area contributed by atoms with Crippen LogP contribution in [0.2, 0.25) is 0 Å². The van der Waals surface area contributed by atoms with E-state index in [0.717, 1.165) is 21.9 Å². The standard InChI is InChI=1S/C13H17N3O4S/c1-7-8(2)21-13(20)16(7)6-5-11(18)14-9-3-4-10(17)15-12(9)19/h9H,3-6H2,1-2H3,(H,14,18)(H,15,17,19). The van der Waals surface area contributed by atoms with E-state index in [1.165, 1.54) is 0 Å². The summed E-state index contributed by atoms with van der Waals surface area (Å²) >= 11 is 1.16. The molecule has 2 rings (SSSR count). The molecule has 1 aromatic heterocycles. The Kier molecular flexibility index (Phi) is 4.56. The van der Waals surface area contributed by atoms with Crippen LogP contribution in [0.5, 0.6) is 0 Å². The number of imide groups is 1. The Labute approximate surface area is 125 Å². The van der Waals surface area contributed by atoms with E-state index in [4.69, 9.17) is 0 Å². The summed E-state index contributed by atoms with van der Waals surface area (Å²) in [5, 5.41) is 4.77. The Morgan fingerprint density at radius 3 is 2.67 bits per heavy atom. The Morgan fingerprint density at radius 2 is 2.10 bits per heavy atom. The van der Waals surface area contributed by atoms with Crippen LogP contribution in [0.15, 0.2) is 4.79 Å². The number of hydrogen-bond donors (Lipinski definition) is 2. The topological polar surface area (TPSA) is 97.3 Å². The van der Waals surface area contributed by atoms with E-state index in [-0.39, 0.29) is 36.1 Å². The van der Waals surface area contributed by atoms with E-state index in [9.17, 15) is 19.2 Å². The first-order valence-corrected chi connectivity index (χ1v) is 7.50. The number of thiazole rings is 1. The van der Waals surface area contributed by atoms with Gasteiger partial charge in [-0.1, -0.05) is 11.3 Å². The quantitative estimate of drug-likeness (QED) is 0.755. The van der Waals surface area contributed by atoms with Gasteiger partial charge in [0.05, 0.1) is 0 Å². The molecule has 0 spiro atoms. The zero-order valence-electron chi connectivity index (χ0n) is 11.9. The molecule has 0 aromatic carbocycles. The SMILES string of the molecule is Cc1sc(=O)n(CCC(=O)NC2CCC(=O)NC2=O)c1C. The predicted molar refractivity (Wildman–Crippen MR) is 77.0 cm³/mol. The minimum absolute atomic E-state index is 0.0844. The second-order valence-electron chi connectivity index (χ2n) is 4.98. The number of piperidine rings is 1. The Bertz CT molecular complexity index is 646. The zero-order chi connectivity index (χ0) is 15.6. The lowest BCUT2D eigenvalue weighted by molar-refractivity contribution is -0.137. The molecule has 21 heavy (non-hydrogen) atoms. The highest BCUT2D eigenvalue weighted by Crippen LogP contribution is 2.10. The monoisotopic (exact) mass is 311 g/mol. The van der Waals surface area contributed by atoms with Crippen molar-refractivity contribution in [2.75, 3.05) is 0 Å². The number of aryl methyl sites for hydroxylation is 1. The molecule has 0 bridgehead atoms. The van der Waals surface area contributed by atoms with Crippen LogP contribution in [0.4, 0.5) is 0 Å². The van der Waals surface area contributed by atoms with Crippen molar-refractivity contribution in [1.82, 2.24) is 15.2 Å². The lowest BCUT2D eigenvalue weighted by Crippen LogP contribution is -2.52. The molecule has 1 aliphatic heterocycles. The third kappa shape index (κ3) is 3.57. The van der Waals surface area contributed by atoms with Crippen LogP contribution in [0.25, 0.3) is 0 Å². The molecule has 114 valence electrons. The predicted octanol–water partition coefficient (Wildman–Crippen LogP) is -0.162. The van der Waals surface area contributed by atoms with Crippen molar-refractivity contribution in [3.63, 3.8) is 0 Å². The molecule has 1 aliphatic rings.